The van der Waals surface area contributed by atoms with Crippen LogP contribution in [0.15, 0.2) is 53.3 Å². The Morgan fingerprint density at radius 3 is 2.50 bits per heavy atom. The summed E-state index contributed by atoms with van der Waals surface area (Å²) in [7, 11) is 0. The molecule has 0 bridgehead atoms. The normalized spacial score (nSPS) is 25.2. The minimum Gasteiger partial charge on any atom is -0.508 e. The number of fused-ring (bicyclic) bond motifs is 3. The van der Waals surface area contributed by atoms with Gasteiger partial charge in [0.2, 0.25) is 5.78 Å². The van der Waals surface area contributed by atoms with Gasteiger partial charge in [-0.15, -0.1) is 0 Å². The second-order valence-corrected chi connectivity index (χ2v) is 9.20. The van der Waals surface area contributed by atoms with Gasteiger partial charge in [-0.25, -0.2) is 0 Å². The highest BCUT2D eigenvalue weighted by Gasteiger charge is 2.60. The zero-order valence-corrected chi connectivity index (χ0v) is 18.6. The van der Waals surface area contributed by atoms with E-state index in [4.69, 9.17) is 5.73 Å². The van der Waals surface area contributed by atoms with E-state index in [0.29, 0.717) is 16.7 Å². The van der Waals surface area contributed by atoms with Gasteiger partial charge in [-0.05, 0) is 41.5 Å². The van der Waals surface area contributed by atoms with Crippen LogP contribution in [0.3, 0.4) is 0 Å². The fourth-order valence-corrected chi connectivity index (χ4v) is 5.68. The molecule has 3 aliphatic rings. The average Bonchev–Trinajstić information content (AvgIpc) is 2.81. The van der Waals surface area contributed by atoms with Crippen LogP contribution in [0.25, 0.3) is 16.9 Å². The SMILES string of the molecule is NC(=O)C1=C(O)C2(O)C(=O)C3=C(O)c4c(O)ccc(-c5cccc([N+](=O)[O-])c5)c4CC3CC2CC1=O. The van der Waals surface area contributed by atoms with Gasteiger partial charge in [0.05, 0.1) is 10.5 Å². The molecule has 0 aliphatic heterocycles. The molecule has 184 valence electrons. The number of carbonyl (C=O) groups is 3. The van der Waals surface area contributed by atoms with Crippen molar-refractivity contribution in [2.45, 2.75) is 24.9 Å². The standard InChI is InChI=1S/C25H20N2O9/c26-24(33)20-17(29)9-12-6-11-8-15-14(10-2-1-3-13(7-10)27(35)36)4-5-16(28)19(15)21(30)18(11)22(31)25(12,34)23(20)32/h1-5,7,11-12,28,30,32,34H,6,8-9H2,(H2,26,33). The lowest BCUT2D eigenvalue weighted by molar-refractivity contribution is -0.384. The Morgan fingerprint density at radius 1 is 1.11 bits per heavy atom. The number of benzene rings is 2. The predicted octanol–water partition coefficient (Wildman–Crippen LogP) is 2.00. The van der Waals surface area contributed by atoms with E-state index in [9.17, 15) is 44.9 Å². The minimum absolute atomic E-state index is 0.00700. The molecule has 1 amide bonds. The number of rotatable bonds is 3. The maximum absolute atomic E-state index is 13.5. The van der Waals surface area contributed by atoms with Crippen molar-refractivity contribution in [3.8, 4) is 16.9 Å². The lowest BCUT2D eigenvalue weighted by Gasteiger charge is -2.46. The summed E-state index contributed by atoms with van der Waals surface area (Å²) >= 11 is 0. The Hall–Kier alpha value is -4.51. The second-order valence-electron chi connectivity index (χ2n) is 9.20. The largest absolute Gasteiger partial charge is 0.508 e. The lowest BCUT2D eigenvalue weighted by Crippen LogP contribution is -2.58. The number of aliphatic hydroxyl groups excluding tert-OH is 2. The van der Waals surface area contributed by atoms with Gasteiger partial charge in [-0.1, -0.05) is 18.2 Å². The Bertz CT molecular complexity index is 1470. The second kappa shape index (κ2) is 7.75. The number of carbonyl (C=O) groups excluding carboxylic acids is 3. The van der Waals surface area contributed by atoms with Crippen LogP contribution in [0.5, 0.6) is 5.75 Å². The van der Waals surface area contributed by atoms with E-state index in [1.807, 2.05) is 0 Å². The fraction of sp³-hybridized carbons (Fsp3) is 0.240. The molecule has 6 N–H and O–H groups in total. The summed E-state index contributed by atoms with van der Waals surface area (Å²) < 4.78 is 0. The van der Waals surface area contributed by atoms with Crippen molar-refractivity contribution in [3.05, 3.63) is 74.5 Å². The van der Waals surface area contributed by atoms with Crippen molar-refractivity contribution >= 4 is 28.9 Å². The number of non-ortho nitro benzene ring substituents is 1. The predicted molar refractivity (Wildman–Crippen MR) is 123 cm³/mol. The molecule has 36 heavy (non-hydrogen) atoms. The first-order valence-corrected chi connectivity index (χ1v) is 11.0. The van der Waals surface area contributed by atoms with Gasteiger partial charge in [0.25, 0.3) is 11.6 Å². The van der Waals surface area contributed by atoms with Crippen molar-refractivity contribution in [2.24, 2.45) is 17.6 Å². The van der Waals surface area contributed by atoms with Crippen molar-refractivity contribution < 1.29 is 39.7 Å². The van der Waals surface area contributed by atoms with Gasteiger partial charge in [0.15, 0.2) is 11.4 Å². The molecule has 3 unspecified atom stereocenters. The fourth-order valence-electron chi connectivity index (χ4n) is 5.68. The van der Waals surface area contributed by atoms with Crippen LogP contribution >= 0.6 is 0 Å². The number of primary amides is 1. The quantitative estimate of drug-likeness (QED) is 0.241. The van der Waals surface area contributed by atoms with Gasteiger partial charge in [0, 0.05) is 30.0 Å². The number of hydrogen-bond donors (Lipinski definition) is 5. The highest BCUT2D eigenvalue weighted by atomic mass is 16.6. The number of aromatic hydroxyl groups is 1. The number of nitro groups is 1. The first-order valence-electron chi connectivity index (χ1n) is 11.0. The number of nitro benzene ring substituents is 1. The summed E-state index contributed by atoms with van der Waals surface area (Å²) in [6.45, 7) is 0. The first kappa shape index (κ1) is 23.2. The van der Waals surface area contributed by atoms with Crippen molar-refractivity contribution in [1.29, 1.82) is 0 Å². The number of nitrogens with zero attached hydrogens (tertiary/aromatic N) is 1. The summed E-state index contributed by atoms with van der Waals surface area (Å²) in [5.41, 5.74) is 2.58. The first-order chi connectivity index (χ1) is 17.0. The van der Waals surface area contributed by atoms with E-state index < -0.39 is 63.3 Å². The van der Waals surface area contributed by atoms with Crippen LogP contribution in [0.2, 0.25) is 0 Å². The van der Waals surface area contributed by atoms with Crippen LogP contribution < -0.4 is 5.73 Å². The van der Waals surface area contributed by atoms with Crippen LogP contribution in [0.1, 0.15) is 24.0 Å². The number of aliphatic hydroxyl groups is 3. The molecular weight excluding hydrogens is 472 g/mol. The number of Topliss-reactive ketones (excluding diaryl/α,β-unsaturated/α-hetero) is 2. The monoisotopic (exact) mass is 492 g/mol. The van der Waals surface area contributed by atoms with E-state index >= 15 is 0 Å². The highest BCUT2D eigenvalue weighted by Crippen LogP contribution is 2.53. The average molecular weight is 492 g/mol. The summed E-state index contributed by atoms with van der Waals surface area (Å²) in [6.07, 6.45) is -0.326. The third-order valence-corrected chi connectivity index (χ3v) is 7.32. The number of phenols is 1. The van der Waals surface area contributed by atoms with Crippen molar-refractivity contribution in [3.63, 3.8) is 0 Å². The van der Waals surface area contributed by atoms with Crippen molar-refractivity contribution in [1.82, 2.24) is 0 Å². The van der Waals surface area contributed by atoms with E-state index in [1.165, 1.54) is 24.3 Å². The summed E-state index contributed by atoms with van der Waals surface area (Å²) in [4.78, 5) is 48.4. The number of amides is 1. The molecule has 1 fully saturated rings. The van der Waals surface area contributed by atoms with Crippen LogP contribution in [0, 0.1) is 22.0 Å². The number of hydrogen-bond acceptors (Lipinski definition) is 9. The summed E-state index contributed by atoms with van der Waals surface area (Å²) in [5, 5.41) is 54.9. The number of ketones is 2. The maximum atomic E-state index is 13.5. The molecule has 0 aromatic heterocycles. The minimum atomic E-state index is -2.64. The van der Waals surface area contributed by atoms with E-state index in [1.54, 1.807) is 12.1 Å². The van der Waals surface area contributed by atoms with E-state index in [2.05, 4.69) is 0 Å². The van der Waals surface area contributed by atoms with Crippen LogP contribution in [-0.2, 0) is 20.8 Å². The number of phenolic OH excluding ortho intramolecular Hbond substituents is 1. The zero-order valence-electron chi connectivity index (χ0n) is 18.6. The molecule has 5 rings (SSSR count). The Morgan fingerprint density at radius 2 is 1.83 bits per heavy atom. The molecule has 0 spiro atoms. The smallest absolute Gasteiger partial charge is 0.270 e. The van der Waals surface area contributed by atoms with Gasteiger partial charge < -0.3 is 26.2 Å². The van der Waals surface area contributed by atoms with Gasteiger partial charge >= 0.3 is 0 Å². The molecule has 3 atom stereocenters. The van der Waals surface area contributed by atoms with Gasteiger partial charge in [-0.2, -0.15) is 0 Å². The van der Waals surface area contributed by atoms with Crippen LogP contribution in [0.4, 0.5) is 5.69 Å². The Labute approximate surface area is 202 Å². The molecule has 2 aromatic rings. The Balaban J connectivity index is 1.70. The number of nitrogens with two attached hydrogens (primary N) is 1. The molecule has 0 heterocycles. The summed E-state index contributed by atoms with van der Waals surface area (Å²) in [6, 6.07) is 8.63. The van der Waals surface area contributed by atoms with E-state index in [0.717, 1.165) is 0 Å². The third-order valence-electron chi connectivity index (χ3n) is 7.32. The molecule has 0 saturated heterocycles. The maximum Gasteiger partial charge on any atom is 0.270 e. The molecule has 0 radical (unpaired) electrons. The van der Waals surface area contributed by atoms with Gasteiger partial charge in [0.1, 0.15) is 22.8 Å². The zero-order chi connectivity index (χ0) is 26.1. The van der Waals surface area contributed by atoms with Gasteiger partial charge in [-0.3, -0.25) is 24.5 Å². The highest BCUT2D eigenvalue weighted by molar-refractivity contribution is 6.22. The molecule has 11 heteroatoms. The third kappa shape index (κ3) is 3.06. The lowest BCUT2D eigenvalue weighted by atomic mass is 9.59. The van der Waals surface area contributed by atoms with Crippen LogP contribution in [-0.4, -0.2) is 48.4 Å². The molecule has 11 nitrogen and oxygen atoms in total. The Kier molecular flexibility index (Phi) is 5.00. The molecular formula is C25H20N2O9. The summed E-state index contributed by atoms with van der Waals surface area (Å²) in [5.74, 6) is -7.08. The topological polar surface area (TPSA) is 201 Å². The molecule has 3 aliphatic carbocycles. The van der Waals surface area contributed by atoms with Crippen molar-refractivity contribution in [2.75, 3.05) is 0 Å². The molecule has 1 saturated carbocycles. The molecule has 2 aromatic carbocycles. The van der Waals surface area contributed by atoms with E-state index in [-0.39, 0.29) is 35.4 Å².